The zero-order chi connectivity index (χ0) is 13.0. The van der Waals surface area contributed by atoms with Crippen molar-refractivity contribution in [2.45, 2.75) is 19.9 Å². The summed E-state index contributed by atoms with van der Waals surface area (Å²) in [7, 11) is 0. The van der Waals surface area contributed by atoms with E-state index in [0.29, 0.717) is 0 Å². The monoisotopic (exact) mass is 344 g/mol. The van der Waals surface area contributed by atoms with Gasteiger partial charge >= 0.3 is 0 Å². The highest BCUT2D eigenvalue weighted by Crippen LogP contribution is 2.22. The maximum absolute atomic E-state index is 12.2. The molecule has 0 unspecified atom stereocenters. The highest BCUT2D eigenvalue weighted by molar-refractivity contribution is 14.1. The molecule has 0 aliphatic carbocycles. The lowest BCUT2D eigenvalue weighted by molar-refractivity contribution is 0.0728. The SMILES string of the molecule is CC(C)N(CC#N)C(=O)c1cc(I)ccc1O. The smallest absolute Gasteiger partial charge is 0.258 e. The van der Waals surface area contributed by atoms with Crippen LogP contribution in [0.2, 0.25) is 0 Å². The number of nitrogens with zero attached hydrogens (tertiary/aromatic N) is 2. The summed E-state index contributed by atoms with van der Waals surface area (Å²) in [5.41, 5.74) is 0.237. The molecule has 0 spiro atoms. The summed E-state index contributed by atoms with van der Waals surface area (Å²) in [6.45, 7) is 3.68. The van der Waals surface area contributed by atoms with Crippen LogP contribution in [0.4, 0.5) is 0 Å². The van der Waals surface area contributed by atoms with Crippen molar-refractivity contribution in [1.29, 1.82) is 5.26 Å². The van der Waals surface area contributed by atoms with Crippen LogP contribution >= 0.6 is 22.6 Å². The largest absolute Gasteiger partial charge is 0.507 e. The standard InChI is InChI=1S/C12H13IN2O2/c1-8(2)15(6-5-14)12(17)10-7-9(13)3-4-11(10)16/h3-4,7-8,16H,6H2,1-2H3. The second-order valence-corrected chi connectivity index (χ2v) is 5.09. The molecule has 1 aromatic rings. The van der Waals surface area contributed by atoms with Gasteiger partial charge in [0.1, 0.15) is 12.3 Å². The third-order valence-electron chi connectivity index (χ3n) is 2.31. The van der Waals surface area contributed by atoms with E-state index in [4.69, 9.17) is 5.26 Å². The van der Waals surface area contributed by atoms with E-state index in [-0.39, 0.29) is 29.8 Å². The van der Waals surface area contributed by atoms with Gasteiger partial charge in [-0.25, -0.2) is 0 Å². The number of nitriles is 1. The molecule has 17 heavy (non-hydrogen) atoms. The number of aromatic hydroxyl groups is 1. The summed E-state index contributed by atoms with van der Waals surface area (Å²) < 4.78 is 0.865. The Morgan fingerprint density at radius 3 is 2.76 bits per heavy atom. The minimum atomic E-state index is -0.322. The number of carbonyl (C=O) groups excluding carboxylic acids is 1. The van der Waals surface area contributed by atoms with Crippen molar-refractivity contribution in [3.8, 4) is 11.8 Å². The molecule has 1 rings (SSSR count). The number of phenols is 1. The Hall–Kier alpha value is -1.29. The number of halogens is 1. The van der Waals surface area contributed by atoms with Gasteiger partial charge in [-0.1, -0.05) is 0 Å². The summed E-state index contributed by atoms with van der Waals surface area (Å²) >= 11 is 2.07. The van der Waals surface area contributed by atoms with E-state index >= 15 is 0 Å². The van der Waals surface area contributed by atoms with Crippen LogP contribution in [0.15, 0.2) is 18.2 Å². The molecule has 0 aromatic heterocycles. The van der Waals surface area contributed by atoms with Crippen LogP contribution in [-0.2, 0) is 0 Å². The first kappa shape index (κ1) is 13.8. The Morgan fingerprint density at radius 2 is 2.24 bits per heavy atom. The Kier molecular flexibility index (Phi) is 4.75. The predicted octanol–water partition coefficient (Wildman–Crippen LogP) is 2.37. The Bertz CT molecular complexity index is 466. The number of amides is 1. The fourth-order valence-corrected chi connectivity index (χ4v) is 1.89. The lowest BCUT2D eigenvalue weighted by Crippen LogP contribution is -2.37. The predicted molar refractivity (Wildman–Crippen MR) is 72.6 cm³/mol. The van der Waals surface area contributed by atoms with Crippen LogP contribution in [0, 0.1) is 14.9 Å². The molecular weight excluding hydrogens is 331 g/mol. The molecule has 4 nitrogen and oxygen atoms in total. The molecule has 1 amide bonds. The molecule has 0 heterocycles. The third kappa shape index (κ3) is 3.33. The molecule has 0 saturated heterocycles. The fourth-order valence-electron chi connectivity index (χ4n) is 1.40. The molecule has 0 saturated carbocycles. The molecular formula is C12H13IN2O2. The molecule has 1 aromatic carbocycles. The van der Waals surface area contributed by atoms with Crippen molar-refractivity contribution < 1.29 is 9.90 Å². The fraction of sp³-hybridized carbons (Fsp3) is 0.333. The van der Waals surface area contributed by atoms with Gasteiger partial charge in [-0.3, -0.25) is 4.79 Å². The zero-order valence-corrected chi connectivity index (χ0v) is 11.8. The van der Waals surface area contributed by atoms with E-state index in [1.165, 1.54) is 11.0 Å². The van der Waals surface area contributed by atoms with E-state index in [0.717, 1.165) is 3.57 Å². The molecule has 0 fully saturated rings. The highest BCUT2D eigenvalue weighted by Gasteiger charge is 2.21. The summed E-state index contributed by atoms with van der Waals surface area (Å²) in [6.07, 6.45) is 0. The first-order valence-corrected chi connectivity index (χ1v) is 6.21. The van der Waals surface area contributed by atoms with Gasteiger partial charge in [0.2, 0.25) is 0 Å². The molecule has 0 aliphatic heterocycles. The summed E-state index contributed by atoms with van der Waals surface area (Å²) in [6, 6.07) is 6.69. The average molecular weight is 344 g/mol. The molecule has 5 heteroatoms. The van der Waals surface area contributed by atoms with Crippen LogP contribution in [0.3, 0.4) is 0 Å². The van der Waals surface area contributed by atoms with Crippen LogP contribution < -0.4 is 0 Å². The van der Waals surface area contributed by atoms with Crippen molar-refractivity contribution in [3.05, 3.63) is 27.3 Å². The molecule has 0 bridgehead atoms. The van der Waals surface area contributed by atoms with Gasteiger partial charge in [0.15, 0.2) is 0 Å². The minimum Gasteiger partial charge on any atom is -0.507 e. The number of hydrogen-bond donors (Lipinski definition) is 1. The first-order chi connectivity index (χ1) is 7.97. The summed E-state index contributed by atoms with van der Waals surface area (Å²) in [5, 5.41) is 18.4. The quantitative estimate of drug-likeness (QED) is 0.676. The first-order valence-electron chi connectivity index (χ1n) is 5.13. The Balaban J connectivity index is 3.10. The van der Waals surface area contributed by atoms with Gasteiger partial charge in [0, 0.05) is 9.61 Å². The number of carbonyl (C=O) groups is 1. The summed E-state index contributed by atoms with van der Waals surface area (Å²) in [4.78, 5) is 13.6. The van der Waals surface area contributed by atoms with E-state index in [1.807, 2.05) is 19.9 Å². The van der Waals surface area contributed by atoms with Gasteiger partial charge in [-0.2, -0.15) is 5.26 Å². The number of rotatable bonds is 3. The van der Waals surface area contributed by atoms with Gasteiger partial charge in [0.05, 0.1) is 11.6 Å². The lowest BCUT2D eigenvalue weighted by atomic mass is 10.1. The van der Waals surface area contributed by atoms with Gasteiger partial charge in [0.25, 0.3) is 5.91 Å². The average Bonchev–Trinajstić information content (AvgIpc) is 2.28. The van der Waals surface area contributed by atoms with Crippen molar-refractivity contribution in [3.63, 3.8) is 0 Å². The second kappa shape index (κ2) is 5.87. The van der Waals surface area contributed by atoms with Crippen LogP contribution in [0.1, 0.15) is 24.2 Å². The maximum Gasteiger partial charge on any atom is 0.258 e. The molecule has 1 N–H and O–H groups in total. The van der Waals surface area contributed by atoms with Crippen LogP contribution in [0.5, 0.6) is 5.75 Å². The number of benzene rings is 1. The van der Waals surface area contributed by atoms with Crippen LogP contribution in [-0.4, -0.2) is 28.5 Å². The molecule has 0 aliphatic rings. The highest BCUT2D eigenvalue weighted by atomic mass is 127. The third-order valence-corrected chi connectivity index (χ3v) is 2.99. The Labute approximate surface area is 114 Å². The van der Waals surface area contributed by atoms with Gasteiger partial charge in [-0.15, -0.1) is 0 Å². The van der Waals surface area contributed by atoms with Gasteiger partial charge in [-0.05, 0) is 54.6 Å². The van der Waals surface area contributed by atoms with Crippen molar-refractivity contribution in [2.24, 2.45) is 0 Å². The summed E-state index contributed by atoms with van der Waals surface area (Å²) in [5.74, 6) is -0.378. The van der Waals surface area contributed by atoms with Crippen molar-refractivity contribution in [1.82, 2.24) is 4.90 Å². The molecule has 0 radical (unpaired) electrons. The lowest BCUT2D eigenvalue weighted by Gasteiger charge is -2.24. The van der Waals surface area contributed by atoms with Gasteiger partial charge < -0.3 is 10.0 Å². The van der Waals surface area contributed by atoms with E-state index < -0.39 is 0 Å². The van der Waals surface area contributed by atoms with Crippen LogP contribution in [0.25, 0.3) is 0 Å². The Morgan fingerprint density at radius 1 is 1.59 bits per heavy atom. The van der Waals surface area contributed by atoms with Crippen molar-refractivity contribution in [2.75, 3.05) is 6.54 Å². The second-order valence-electron chi connectivity index (χ2n) is 3.85. The van der Waals surface area contributed by atoms with E-state index in [1.54, 1.807) is 12.1 Å². The van der Waals surface area contributed by atoms with Crippen molar-refractivity contribution >= 4 is 28.5 Å². The molecule has 0 atom stereocenters. The zero-order valence-electron chi connectivity index (χ0n) is 9.64. The topological polar surface area (TPSA) is 64.3 Å². The van der Waals surface area contributed by atoms with E-state index in [9.17, 15) is 9.90 Å². The maximum atomic E-state index is 12.2. The normalized spacial score (nSPS) is 10.1. The number of phenolic OH excluding ortho intramolecular Hbond substituents is 1. The minimum absolute atomic E-state index is 0.0153. The number of hydrogen-bond acceptors (Lipinski definition) is 3. The molecule has 90 valence electrons. The van der Waals surface area contributed by atoms with E-state index in [2.05, 4.69) is 22.6 Å².